The van der Waals surface area contributed by atoms with Crippen LogP contribution < -0.4 is 5.32 Å². The summed E-state index contributed by atoms with van der Waals surface area (Å²) in [4.78, 5) is 38.8. The first-order valence-electron chi connectivity index (χ1n) is 11.7. The molecule has 2 aromatic rings. The predicted octanol–water partition coefficient (Wildman–Crippen LogP) is 3.63. The van der Waals surface area contributed by atoms with Gasteiger partial charge in [0.15, 0.2) is 0 Å². The zero-order chi connectivity index (χ0) is 22.9. The number of hydrogen-bond acceptors (Lipinski definition) is 4. The summed E-state index contributed by atoms with van der Waals surface area (Å²) in [5.41, 5.74) is 4.59. The topological polar surface area (TPSA) is 95.9 Å². The number of nitrogens with one attached hydrogen (secondary N) is 1. The Balaban J connectivity index is 1.25. The van der Waals surface area contributed by atoms with Gasteiger partial charge in [0.1, 0.15) is 12.6 Å². The fourth-order valence-electron chi connectivity index (χ4n) is 5.28. The van der Waals surface area contributed by atoms with Gasteiger partial charge in [0.25, 0.3) is 0 Å². The Bertz CT molecular complexity index is 1030. The maximum absolute atomic E-state index is 13.1. The summed E-state index contributed by atoms with van der Waals surface area (Å²) in [5.74, 6) is -1.59. The van der Waals surface area contributed by atoms with Crippen LogP contribution in [0.2, 0.25) is 0 Å². The van der Waals surface area contributed by atoms with Crippen molar-refractivity contribution in [3.63, 3.8) is 0 Å². The van der Waals surface area contributed by atoms with E-state index in [1.165, 1.54) is 0 Å². The van der Waals surface area contributed by atoms with Gasteiger partial charge in [0.05, 0.1) is 5.92 Å². The van der Waals surface area contributed by atoms with Crippen molar-refractivity contribution < 1.29 is 24.2 Å². The van der Waals surface area contributed by atoms with Crippen molar-refractivity contribution in [1.82, 2.24) is 10.2 Å². The number of hydrogen-bond donors (Lipinski definition) is 2. The SMILES string of the molecule is O=C(NC(C(=O)N1CCC(C(=O)O)C1)C1CCC1)OCC1c2ccccc2-c2ccccc21. The van der Waals surface area contributed by atoms with Crippen LogP contribution in [0.4, 0.5) is 4.79 Å². The Kier molecular flexibility index (Phi) is 5.79. The van der Waals surface area contributed by atoms with Crippen molar-refractivity contribution in [3.8, 4) is 11.1 Å². The van der Waals surface area contributed by atoms with E-state index in [1.807, 2.05) is 24.3 Å². The second kappa shape index (κ2) is 8.89. The minimum absolute atomic E-state index is 0.0455. The van der Waals surface area contributed by atoms with E-state index in [4.69, 9.17) is 4.74 Å². The molecule has 0 spiro atoms. The molecule has 2 amide bonds. The summed E-state index contributed by atoms with van der Waals surface area (Å²) in [7, 11) is 0. The number of nitrogens with zero attached hydrogens (tertiary/aromatic N) is 1. The molecule has 1 saturated carbocycles. The molecular weight excluding hydrogens is 420 g/mol. The van der Waals surface area contributed by atoms with Crippen molar-refractivity contribution in [2.75, 3.05) is 19.7 Å². The third kappa shape index (κ3) is 4.08. The highest BCUT2D eigenvalue weighted by Gasteiger charge is 2.40. The molecule has 2 aliphatic carbocycles. The molecule has 2 atom stereocenters. The molecule has 1 saturated heterocycles. The second-order valence-corrected chi connectivity index (χ2v) is 9.25. The first-order chi connectivity index (χ1) is 16.0. The molecule has 0 bridgehead atoms. The molecule has 5 rings (SSSR count). The summed E-state index contributed by atoms with van der Waals surface area (Å²) in [6.07, 6.45) is 2.62. The van der Waals surface area contributed by atoms with Gasteiger partial charge in [0, 0.05) is 19.0 Å². The lowest BCUT2D eigenvalue weighted by Gasteiger charge is -2.35. The number of carbonyl (C=O) groups is 3. The highest BCUT2D eigenvalue weighted by atomic mass is 16.5. The number of fused-ring (bicyclic) bond motifs is 3. The van der Waals surface area contributed by atoms with Gasteiger partial charge < -0.3 is 20.1 Å². The zero-order valence-corrected chi connectivity index (χ0v) is 18.4. The molecule has 2 N–H and O–H groups in total. The number of rotatable bonds is 6. The Morgan fingerprint density at radius 1 is 1.00 bits per heavy atom. The molecular formula is C26H28N2O5. The Morgan fingerprint density at radius 3 is 2.18 bits per heavy atom. The van der Waals surface area contributed by atoms with Crippen LogP contribution in [0.25, 0.3) is 11.1 Å². The highest BCUT2D eigenvalue weighted by molar-refractivity contribution is 5.87. The van der Waals surface area contributed by atoms with Crippen LogP contribution in [-0.2, 0) is 14.3 Å². The van der Waals surface area contributed by atoms with E-state index in [9.17, 15) is 19.5 Å². The first kappa shape index (κ1) is 21.5. The average Bonchev–Trinajstić information content (AvgIpc) is 3.39. The first-order valence-corrected chi connectivity index (χ1v) is 11.7. The van der Waals surface area contributed by atoms with E-state index >= 15 is 0 Å². The van der Waals surface area contributed by atoms with Crippen LogP contribution in [0.15, 0.2) is 48.5 Å². The average molecular weight is 449 g/mol. The standard InChI is InChI=1S/C26H28N2O5/c29-24(28-13-12-17(14-28)25(30)31)23(16-6-5-7-16)27-26(32)33-15-22-20-10-3-1-8-18(20)19-9-2-4-11-21(19)22/h1-4,8-11,16-17,22-23H,5-7,12-15H2,(H,27,32)(H,30,31). The molecule has 2 unspecified atom stereocenters. The number of alkyl carbamates (subject to hydrolysis) is 1. The van der Waals surface area contributed by atoms with Crippen LogP contribution in [0.5, 0.6) is 0 Å². The molecule has 3 aliphatic rings. The van der Waals surface area contributed by atoms with Crippen LogP contribution >= 0.6 is 0 Å². The Labute approximate surface area is 192 Å². The van der Waals surface area contributed by atoms with Gasteiger partial charge in [-0.3, -0.25) is 9.59 Å². The van der Waals surface area contributed by atoms with Crippen molar-refractivity contribution in [2.45, 2.75) is 37.6 Å². The van der Waals surface area contributed by atoms with Crippen molar-refractivity contribution >= 4 is 18.0 Å². The second-order valence-electron chi connectivity index (χ2n) is 9.25. The number of carboxylic acid groups (broad SMARTS) is 1. The summed E-state index contributed by atoms with van der Waals surface area (Å²) in [5, 5.41) is 12.1. The summed E-state index contributed by atoms with van der Waals surface area (Å²) < 4.78 is 5.65. The summed E-state index contributed by atoms with van der Waals surface area (Å²) in [6.45, 7) is 0.797. The van der Waals surface area contributed by atoms with E-state index in [0.717, 1.165) is 41.5 Å². The lowest BCUT2D eigenvalue weighted by Crippen LogP contribution is -2.53. The fraction of sp³-hybridized carbons (Fsp3) is 0.423. The van der Waals surface area contributed by atoms with Crippen LogP contribution in [0.3, 0.4) is 0 Å². The monoisotopic (exact) mass is 448 g/mol. The number of amides is 2. The van der Waals surface area contributed by atoms with Gasteiger partial charge in [-0.05, 0) is 47.4 Å². The minimum Gasteiger partial charge on any atom is -0.481 e. The number of carboxylic acids is 1. The Morgan fingerprint density at radius 2 is 1.64 bits per heavy atom. The maximum Gasteiger partial charge on any atom is 0.407 e. The van der Waals surface area contributed by atoms with Gasteiger partial charge in [-0.1, -0.05) is 55.0 Å². The quantitative estimate of drug-likeness (QED) is 0.704. The molecule has 7 heteroatoms. The van der Waals surface area contributed by atoms with E-state index in [1.54, 1.807) is 4.90 Å². The fourth-order valence-corrected chi connectivity index (χ4v) is 5.28. The van der Waals surface area contributed by atoms with Gasteiger partial charge in [-0.2, -0.15) is 0 Å². The normalized spacial score (nSPS) is 20.5. The summed E-state index contributed by atoms with van der Waals surface area (Å²) >= 11 is 0. The smallest absolute Gasteiger partial charge is 0.407 e. The van der Waals surface area contributed by atoms with Gasteiger partial charge in [0.2, 0.25) is 5.91 Å². The number of benzene rings is 2. The molecule has 33 heavy (non-hydrogen) atoms. The van der Waals surface area contributed by atoms with Crippen LogP contribution in [0, 0.1) is 11.8 Å². The molecule has 2 fully saturated rings. The third-order valence-corrected chi connectivity index (χ3v) is 7.35. The van der Waals surface area contributed by atoms with Gasteiger partial charge in [-0.25, -0.2) is 4.79 Å². The van der Waals surface area contributed by atoms with Crippen molar-refractivity contribution in [3.05, 3.63) is 59.7 Å². The van der Waals surface area contributed by atoms with Gasteiger partial charge in [-0.15, -0.1) is 0 Å². The van der Waals surface area contributed by atoms with E-state index in [0.29, 0.717) is 13.0 Å². The van der Waals surface area contributed by atoms with Crippen LogP contribution in [-0.4, -0.2) is 53.7 Å². The van der Waals surface area contributed by atoms with E-state index < -0.39 is 24.0 Å². The lowest BCUT2D eigenvalue weighted by atomic mass is 9.79. The molecule has 0 radical (unpaired) electrons. The number of ether oxygens (including phenoxy) is 1. The molecule has 1 aliphatic heterocycles. The van der Waals surface area contributed by atoms with E-state index in [2.05, 4.69) is 29.6 Å². The molecule has 7 nitrogen and oxygen atoms in total. The number of carbonyl (C=O) groups excluding carboxylic acids is 2. The molecule has 0 aromatic heterocycles. The van der Waals surface area contributed by atoms with Crippen LogP contribution in [0.1, 0.15) is 42.7 Å². The number of likely N-dealkylation sites (tertiary alicyclic amines) is 1. The molecule has 2 aromatic carbocycles. The number of aliphatic carboxylic acids is 1. The zero-order valence-electron chi connectivity index (χ0n) is 18.4. The molecule has 1 heterocycles. The summed E-state index contributed by atoms with van der Waals surface area (Å²) in [6, 6.07) is 15.6. The highest BCUT2D eigenvalue weighted by Crippen LogP contribution is 2.44. The maximum atomic E-state index is 13.1. The lowest BCUT2D eigenvalue weighted by molar-refractivity contribution is -0.141. The van der Waals surface area contributed by atoms with Crippen molar-refractivity contribution in [2.24, 2.45) is 11.8 Å². The van der Waals surface area contributed by atoms with E-state index in [-0.39, 0.29) is 30.9 Å². The minimum atomic E-state index is -0.880. The predicted molar refractivity (Wildman–Crippen MR) is 122 cm³/mol. The molecule has 172 valence electrons. The Hall–Kier alpha value is -3.35. The van der Waals surface area contributed by atoms with Crippen molar-refractivity contribution in [1.29, 1.82) is 0 Å². The van der Waals surface area contributed by atoms with Gasteiger partial charge >= 0.3 is 12.1 Å². The third-order valence-electron chi connectivity index (χ3n) is 7.35. The largest absolute Gasteiger partial charge is 0.481 e.